The van der Waals surface area contributed by atoms with E-state index in [1.165, 1.54) is 0 Å². The average molecular weight is 472 g/mol. The number of amides is 1. The van der Waals surface area contributed by atoms with Gasteiger partial charge in [0.2, 0.25) is 5.91 Å². The topological polar surface area (TPSA) is 65.8 Å². The predicted molar refractivity (Wildman–Crippen MR) is 136 cm³/mol. The third kappa shape index (κ3) is 4.80. The SMILES string of the molecule is CCOc1ccc(N2C[C@@H](c3nc4ccccc4n3CCOc3ccc(OC)cc3)CC2=O)cc1. The Morgan fingerprint density at radius 2 is 1.60 bits per heavy atom. The van der Waals surface area contributed by atoms with Crippen molar-refractivity contribution in [1.29, 1.82) is 0 Å². The summed E-state index contributed by atoms with van der Waals surface area (Å²) < 4.78 is 18.9. The summed E-state index contributed by atoms with van der Waals surface area (Å²) in [5, 5.41) is 0. The molecule has 0 radical (unpaired) electrons. The van der Waals surface area contributed by atoms with Crippen LogP contribution >= 0.6 is 0 Å². The Balaban J connectivity index is 1.35. The average Bonchev–Trinajstić information content (AvgIpc) is 3.46. The van der Waals surface area contributed by atoms with E-state index in [0.717, 1.165) is 39.8 Å². The van der Waals surface area contributed by atoms with Crippen LogP contribution in [0, 0.1) is 0 Å². The highest BCUT2D eigenvalue weighted by atomic mass is 16.5. The standard InChI is InChI=1S/C28H29N3O4/c1-3-34-23-10-8-21(9-11-23)31-19-20(18-27(31)32)28-29-25-6-4-5-7-26(25)30(28)16-17-35-24-14-12-22(33-2)13-15-24/h4-15,20H,3,16-19H2,1-2H3/t20-/m0/s1. The van der Waals surface area contributed by atoms with Crippen molar-refractivity contribution in [3.63, 3.8) is 0 Å². The Morgan fingerprint density at radius 3 is 2.34 bits per heavy atom. The van der Waals surface area contributed by atoms with Gasteiger partial charge in [0.1, 0.15) is 29.7 Å². The van der Waals surface area contributed by atoms with Gasteiger partial charge < -0.3 is 23.7 Å². The summed E-state index contributed by atoms with van der Waals surface area (Å²) in [6.45, 7) is 4.28. The molecule has 7 nitrogen and oxygen atoms in total. The molecule has 1 aliphatic rings. The van der Waals surface area contributed by atoms with Crippen molar-refractivity contribution in [2.24, 2.45) is 0 Å². The molecule has 35 heavy (non-hydrogen) atoms. The Bertz CT molecular complexity index is 1300. The molecule has 3 aromatic carbocycles. The second kappa shape index (κ2) is 10.1. The molecule has 2 heterocycles. The van der Waals surface area contributed by atoms with Crippen molar-refractivity contribution < 1.29 is 19.0 Å². The van der Waals surface area contributed by atoms with Gasteiger partial charge in [-0.1, -0.05) is 12.1 Å². The number of ether oxygens (including phenoxy) is 3. The lowest BCUT2D eigenvalue weighted by molar-refractivity contribution is -0.117. The smallest absolute Gasteiger partial charge is 0.227 e. The first-order valence-corrected chi connectivity index (χ1v) is 11.9. The van der Waals surface area contributed by atoms with Crippen LogP contribution in [0.25, 0.3) is 11.0 Å². The van der Waals surface area contributed by atoms with Gasteiger partial charge in [-0.2, -0.15) is 0 Å². The van der Waals surface area contributed by atoms with Crippen LogP contribution in [0.1, 0.15) is 25.1 Å². The molecule has 1 amide bonds. The van der Waals surface area contributed by atoms with Crippen LogP contribution in [0.2, 0.25) is 0 Å². The second-order valence-corrected chi connectivity index (χ2v) is 8.47. The minimum absolute atomic E-state index is 0.00227. The summed E-state index contributed by atoms with van der Waals surface area (Å²) >= 11 is 0. The summed E-state index contributed by atoms with van der Waals surface area (Å²) in [6, 6.07) is 23.3. The molecule has 0 N–H and O–H groups in total. The fraction of sp³-hybridized carbons (Fsp3) is 0.286. The summed E-state index contributed by atoms with van der Waals surface area (Å²) in [4.78, 5) is 19.8. The zero-order valence-corrected chi connectivity index (χ0v) is 20.0. The first kappa shape index (κ1) is 22.8. The zero-order valence-electron chi connectivity index (χ0n) is 20.0. The minimum Gasteiger partial charge on any atom is -0.497 e. The molecule has 7 heteroatoms. The number of nitrogens with zero attached hydrogens (tertiary/aromatic N) is 3. The zero-order chi connectivity index (χ0) is 24.2. The largest absolute Gasteiger partial charge is 0.497 e. The molecule has 4 aromatic rings. The molecule has 180 valence electrons. The number of hydrogen-bond donors (Lipinski definition) is 0. The number of carbonyl (C=O) groups excluding carboxylic acids is 1. The van der Waals surface area contributed by atoms with Gasteiger partial charge in [-0.3, -0.25) is 4.79 Å². The summed E-state index contributed by atoms with van der Waals surface area (Å²) in [6.07, 6.45) is 0.426. The number of hydrogen-bond acceptors (Lipinski definition) is 5. The fourth-order valence-corrected chi connectivity index (χ4v) is 4.59. The van der Waals surface area contributed by atoms with E-state index in [9.17, 15) is 4.79 Å². The number of anilines is 1. The normalized spacial score (nSPS) is 15.5. The minimum atomic E-state index is 0.00227. The molecule has 0 unspecified atom stereocenters. The Morgan fingerprint density at radius 1 is 0.914 bits per heavy atom. The Labute approximate surface area is 204 Å². The van der Waals surface area contributed by atoms with Crippen molar-refractivity contribution >= 4 is 22.6 Å². The van der Waals surface area contributed by atoms with Gasteiger partial charge in [-0.25, -0.2) is 4.98 Å². The van der Waals surface area contributed by atoms with Crippen LogP contribution in [0.3, 0.4) is 0 Å². The molecule has 5 rings (SSSR count). The molecule has 1 aromatic heterocycles. The van der Waals surface area contributed by atoms with Crippen molar-refractivity contribution in [2.75, 3.05) is 31.8 Å². The highest BCUT2D eigenvalue weighted by Crippen LogP contribution is 2.34. The number of methoxy groups -OCH3 is 1. The van der Waals surface area contributed by atoms with E-state index in [1.807, 2.05) is 78.6 Å². The van der Waals surface area contributed by atoms with Gasteiger partial charge in [0.15, 0.2) is 0 Å². The van der Waals surface area contributed by atoms with Crippen LogP contribution in [0.4, 0.5) is 5.69 Å². The van der Waals surface area contributed by atoms with Crippen LogP contribution in [-0.2, 0) is 11.3 Å². The van der Waals surface area contributed by atoms with Gasteiger partial charge >= 0.3 is 0 Å². The molecule has 0 bridgehead atoms. The lowest BCUT2D eigenvalue weighted by Crippen LogP contribution is -2.24. The first-order chi connectivity index (χ1) is 17.2. The van der Waals surface area contributed by atoms with Crippen molar-refractivity contribution in [1.82, 2.24) is 9.55 Å². The van der Waals surface area contributed by atoms with Crippen LogP contribution < -0.4 is 19.1 Å². The van der Waals surface area contributed by atoms with Gasteiger partial charge in [0.25, 0.3) is 0 Å². The molecule has 0 aliphatic carbocycles. The highest BCUT2D eigenvalue weighted by Gasteiger charge is 2.34. The van der Waals surface area contributed by atoms with Gasteiger partial charge in [0.05, 0.1) is 31.3 Å². The van der Waals surface area contributed by atoms with Crippen molar-refractivity contribution in [3.05, 3.63) is 78.6 Å². The number of para-hydroxylation sites is 2. The summed E-state index contributed by atoms with van der Waals surface area (Å²) in [5.41, 5.74) is 2.86. The van der Waals surface area contributed by atoms with E-state index in [0.29, 0.717) is 32.7 Å². The number of imidazole rings is 1. The third-order valence-corrected chi connectivity index (χ3v) is 6.28. The monoisotopic (exact) mass is 471 g/mol. The van der Waals surface area contributed by atoms with E-state index >= 15 is 0 Å². The maximum Gasteiger partial charge on any atom is 0.227 e. The molecular formula is C28H29N3O4. The molecule has 1 aliphatic heterocycles. The van der Waals surface area contributed by atoms with E-state index < -0.39 is 0 Å². The molecule has 1 atom stereocenters. The first-order valence-electron chi connectivity index (χ1n) is 11.9. The van der Waals surface area contributed by atoms with E-state index in [2.05, 4.69) is 10.6 Å². The summed E-state index contributed by atoms with van der Waals surface area (Å²) in [7, 11) is 1.65. The second-order valence-electron chi connectivity index (χ2n) is 8.47. The predicted octanol–water partition coefficient (Wildman–Crippen LogP) is 5.04. The number of benzene rings is 3. The quantitative estimate of drug-likeness (QED) is 0.342. The van der Waals surface area contributed by atoms with Crippen molar-refractivity contribution in [2.45, 2.75) is 25.8 Å². The number of aromatic nitrogens is 2. The molecule has 1 fully saturated rings. The highest BCUT2D eigenvalue weighted by molar-refractivity contribution is 5.96. The van der Waals surface area contributed by atoms with Gasteiger partial charge in [-0.05, 0) is 67.6 Å². The van der Waals surface area contributed by atoms with E-state index in [-0.39, 0.29) is 11.8 Å². The number of fused-ring (bicyclic) bond motifs is 1. The third-order valence-electron chi connectivity index (χ3n) is 6.28. The number of rotatable bonds is 9. The maximum absolute atomic E-state index is 13.0. The molecule has 1 saturated heterocycles. The Kier molecular flexibility index (Phi) is 6.57. The molecular weight excluding hydrogens is 442 g/mol. The summed E-state index contributed by atoms with van der Waals surface area (Å²) in [5.74, 6) is 3.41. The number of carbonyl (C=O) groups is 1. The van der Waals surface area contributed by atoms with Crippen LogP contribution in [0.15, 0.2) is 72.8 Å². The van der Waals surface area contributed by atoms with Crippen LogP contribution in [-0.4, -0.2) is 42.3 Å². The van der Waals surface area contributed by atoms with E-state index in [4.69, 9.17) is 19.2 Å². The molecule has 0 spiro atoms. The lowest BCUT2D eigenvalue weighted by Gasteiger charge is -2.18. The van der Waals surface area contributed by atoms with E-state index in [1.54, 1.807) is 7.11 Å². The van der Waals surface area contributed by atoms with Gasteiger partial charge in [0, 0.05) is 24.6 Å². The Hall–Kier alpha value is -4.00. The maximum atomic E-state index is 13.0. The van der Waals surface area contributed by atoms with Crippen molar-refractivity contribution in [3.8, 4) is 17.2 Å². The molecule has 0 saturated carbocycles. The van der Waals surface area contributed by atoms with Gasteiger partial charge in [-0.15, -0.1) is 0 Å². The lowest BCUT2D eigenvalue weighted by atomic mass is 10.1. The fourth-order valence-electron chi connectivity index (χ4n) is 4.59. The van der Waals surface area contributed by atoms with Crippen LogP contribution in [0.5, 0.6) is 17.2 Å².